The third kappa shape index (κ3) is 12.2. The van der Waals surface area contributed by atoms with Crippen molar-refractivity contribution in [2.45, 2.75) is 0 Å². The van der Waals surface area contributed by atoms with Crippen LogP contribution >= 0.6 is 22.7 Å². The number of thiophene rings is 2. The van der Waals surface area contributed by atoms with E-state index in [-0.39, 0.29) is 0 Å². The topological polar surface area (TPSA) is 261 Å². The maximum Gasteiger partial charge on any atom is 0.241 e. The summed E-state index contributed by atoms with van der Waals surface area (Å²) in [4.78, 5) is 74.4. The average Bonchev–Trinajstić information content (AvgIpc) is 1.60. The zero-order chi connectivity index (χ0) is 88.5. The van der Waals surface area contributed by atoms with Crippen molar-refractivity contribution in [3.8, 4) is 86.2 Å². The Hall–Kier alpha value is -18.4. The molecule has 0 radical (unpaired) electrons. The Morgan fingerprint density at radius 2 is 0.437 bits per heavy atom. The van der Waals surface area contributed by atoms with E-state index in [9.17, 15) is 0 Å². The molecule has 0 aliphatic carbocycles. The number of benzene rings is 12. The molecule has 0 spiro atoms. The molecular weight excluding hydrogens is 1710 g/mol. The van der Waals surface area contributed by atoms with Crippen molar-refractivity contribution in [1.29, 1.82) is 0 Å². The van der Waals surface area contributed by atoms with Gasteiger partial charge in [-0.25, -0.2) is 58.6 Å². The Labute approximate surface area is 768 Å². The van der Waals surface area contributed by atoms with E-state index in [1.54, 1.807) is 59.9 Å². The van der Waals surface area contributed by atoms with Crippen molar-refractivity contribution < 1.29 is 17.7 Å². The molecule has 18 heterocycles. The van der Waals surface area contributed by atoms with E-state index in [0.717, 1.165) is 176 Å². The van der Waals surface area contributed by atoms with Crippen LogP contribution in [0.4, 0.5) is 0 Å². The minimum atomic E-state index is 0.419. The number of furan rings is 4. The first-order chi connectivity index (χ1) is 66.9. The Kier molecular flexibility index (Phi) is 16.9. The van der Waals surface area contributed by atoms with Crippen LogP contribution in [-0.4, -0.2) is 88.5 Å². The number of rotatable bonds is 9. The summed E-state index contributed by atoms with van der Waals surface area (Å²) in [6, 6.07) is 110. The highest BCUT2D eigenvalue weighted by Gasteiger charge is 2.28. The fourth-order valence-electron chi connectivity index (χ4n) is 19.1. The molecule has 0 bridgehead atoms. The Morgan fingerprint density at radius 1 is 0.178 bits per heavy atom. The van der Waals surface area contributed by atoms with Gasteiger partial charge < -0.3 is 17.7 Å². The van der Waals surface area contributed by atoms with Crippen molar-refractivity contribution in [3.63, 3.8) is 0 Å². The maximum absolute atomic E-state index is 6.23. The summed E-state index contributed by atoms with van der Waals surface area (Å²) >= 11 is 3.57. The van der Waals surface area contributed by atoms with Crippen molar-refractivity contribution in [3.05, 3.63) is 365 Å². The number of aromatic nitrogens is 18. The van der Waals surface area contributed by atoms with Crippen LogP contribution in [0.3, 0.4) is 0 Å². The molecule has 630 valence electrons. The van der Waals surface area contributed by atoms with Gasteiger partial charge in [-0.3, -0.25) is 0 Å². The molecular formula is C111H60N18O4S2. The van der Waals surface area contributed by atoms with E-state index < -0.39 is 0 Å². The predicted molar refractivity (Wildman–Crippen MR) is 537 cm³/mol. The number of nitrogens with zero attached hydrogens (tertiary/aromatic N) is 18. The maximum atomic E-state index is 6.23. The second-order valence-corrected chi connectivity index (χ2v) is 35.1. The Balaban J connectivity index is 0.000000101. The summed E-state index contributed by atoms with van der Waals surface area (Å²) in [5.74, 6) is 4.63. The normalized spacial score (nSPS) is 12.0. The van der Waals surface area contributed by atoms with E-state index in [1.165, 1.54) is 40.3 Å². The largest absolute Gasteiger partial charge is 0.456 e. The van der Waals surface area contributed by atoms with E-state index in [1.807, 2.05) is 208 Å². The molecule has 0 amide bonds. The van der Waals surface area contributed by atoms with Crippen LogP contribution in [0.2, 0.25) is 0 Å². The van der Waals surface area contributed by atoms with Gasteiger partial charge in [0.1, 0.15) is 78.5 Å². The highest BCUT2D eigenvalue weighted by Crippen LogP contribution is 2.45. The molecule has 22 nitrogen and oxygen atoms in total. The SMILES string of the molecule is c1ccc2c(c1)oc1ccc(-c3nc(-c4ccc5oc6ccccc6c5c4)nc(-n4c5ncccc5c5cccnc54)n3)cc12.c1ccc2c(c1)oc1cccc(-c3nc(-c4cccc5oc6ccccc6c45)nc(-n4c5ncccc5c5cccnc54)n3)c12.c1ccc2c(c1)sc1cc(-c3nc(-c4ccc5c(c4)sc4ccccc45)nc(-n4c5ncccc5c5cccnc54)n3)ccc12. The van der Waals surface area contributed by atoms with E-state index >= 15 is 0 Å². The molecule has 0 unspecified atom stereocenters. The molecule has 18 aromatic heterocycles. The van der Waals surface area contributed by atoms with E-state index in [2.05, 4.69) is 133 Å². The molecule has 0 N–H and O–H groups in total. The summed E-state index contributed by atoms with van der Waals surface area (Å²) in [5, 5.41) is 18.8. The predicted octanol–water partition coefficient (Wildman–Crippen LogP) is 27.6. The molecule has 30 aromatic rings. The second-order valence-electron chi connectivity index (χ2n) is 32.9. The van der Waals surface area contributed by atoms with Gasteiger partial charge in [0.2, 0.25) is 17.8 Å². The van der Waals surface area contributed by atoms with Gasteiger partial charge in [-0.2, -0.15) is 29.9 Å². The molecule has 30 rings (SSSR count). The lowest BCUT2D eigenvalue weighted by Gasteiger charge is -2.11. The summed E-state index contributed by atoms with van der Waals surface area (Å²) < 4.78 is 35.4. The third-order valence-electron chi connectivity index (χ3n) is 25.2. The van der Waals surface area contributed by atoms with Crippen LogP contribution < -0.4 is 0 Å². The molecule has 0 saturated heterocycles. The minimum Gasteiger partial charge on any atom is -0.456 e. The van der Waals surface area contributed by atoms with Gasteiger partial charge in [0.25, 0.3) is 0 Å². The Bertz CT molecular complexity index is 9650. The van der Waals surface area contributed by atoms with E-state index in [4.69, 9.17) is 92.4 Å². The number of para-hydroxylation sites is 4. The van der Waals surface area contributed by atoms with Gasteiger partial charge in [0.05, 0.1) is 0 Å². The van der Waals surface area contributed by atoms with Crippen LogP contribution in [0.5, 0.6) is 0 Å². The van der Waals surface area contributed by atoms with Crippen molar-refractivity contribution in [2.75, 3.05) is 0 Å². The van der Waals surface area contributed by atoms with Gasteiger partial charge in [0, 0.05) is 186 Å². The molecule has 0 saturated carbocycles. The van der Waals surface area contributed by atoms with Crippen LogP contribution in [0.15, 0.2) is 382 Å². The minimum absolute atomic E-state index is 0.419. The standard InChI is InChI=1S/2C37H20N6O2.C37H20N6S2/c1-3-15-27-23(9-1)31-25(11-5-17-29(31)44-27)33-40-34(26-12-6-18-30-32(26)24-10-2-4-16-28(24)45-30)42-37(41-33)43-35-21(13-7-19-38-35)22-14-8-20-39-36(22)43;1-3-11-29-23(7-1)27-19-21(13-15-31(27)44-29)33-40-34(22-14-16-32-28(20-22)24-8-2-4-12-30(24)45-32)42-37(41-33)43-35-25(9-5-17-38-35)26-10-6-18-39-36(26)43;1-3-11-29-23(7-1)25-15-13-21(19-31(25)44-29)33-40-34(22-14-16-26-24-8-2-4-12-30(24)45-32(26)20-22)42-37(41-33)43-35-27(9-5-17-38-35)28-10-6-18-39-36(28)43/h3*1-20H. The molecule has 0 aliphatic heterocycles. The quantitative estimate of drug-likeness (QED) is 0.130. The molecule has 0 atom stereocenters. The van der Waals surface area contributed by atoms with Gasteiger partial charge in [-0.15, -0.1) is 22.7 Å². The van der Waals surface area contributed by atoms with Gasteiger partial charge >= 0.3 is 0 Å². The lowest BCUT2D eigenvalue weighted by Crippen LogP contribution is -2.07. The summed E-state index contributed by atoms with van der Waals surface area (Å²) in [6.45, 7) is 0. The highest BCUT2D eigenvalue weighted by molar-refractivity contribution is 7.26. The second kappa shape index (κ2) is 30.1. The lowest BCUT2D eigenvalue weighted by atomic mass is 10.0. The van der Waals surface area contributed by atoms with Gasteiger partial charge in [-0.1, -0.05) is 158 Å². The van der Waals surface area contributed by atoms with Crippen LogP contribution in [-0.2, 0) is 0 Å². The molecule has 24 heteroatoms. The zero-order valence-electron chi connectivity index (χ0n) is 70.6. The smallest absolute Gasteiger partial charge is 0.241 e. The van der Waals surface area contributed by atoms with Crippen molar-refractivity contribution >= 4 is 217 Å². The summed E-state index contributed by atoms with van der Waals surface area (Å²) in [5.41, 5.74) is 16.1. The van der Waals surface area contributed by atoms with Gasteiger partial charge in [-0.05, 0) is 170 Å². The molecule has 135 heavy (non-hydrogen) atoms. The Morgan fingerprint density at radius 3 is 0.800 bits per heavy atom. The highest BCUT2D eigenvalue weighted by atomic mass is 32.1. The van der Waals surface area contributed by atoms with Crippen molar-refractivity contribution in [1.82, 2.24) is 88.5 Å². The average molecular weight is 1770 g/mol. The monoisotopic (exact) mass is 1770 g/mol. The number of pyridine rings is 6. The first-order valence-corrected chi connectivity index (χ1v) is 45.4. The zero-order valence-corrected chi connectivity index (χ0v) is 72.3. The van der Waals surface area contributed by atoms with Crippen LogP contribution in [0.1, 0.15) is 0 Å². The molecule has 12 aromatic carbocycles. The molecule has 0 fully saturated rings. The third-order valence-corrected chi connectivity index (χ3v) is 27.4. The fourth-order valence-corrected chi connectivity index (χ4v) is 21.4. The lowest BCUT2D eigenvalue weighted by molar-refractivity contribution is 0.668. The number of hydrogen-bond acceptors (Lipinski definition) is 21. The van der Waals surface area contributed by atoms with Crippen molar-refractivity contribution in [2.24, 2.45) is 0 Å². The number of fused-ring (bicyclic) bond motifs is 27. The van der Waals surface area contributed by atoms with Crippen LogP contribution in [0, 0.1) is 0 Å². The first-order valence-electron chi connectivity index (χ1n) is 43.8. The first kappa shape index (κ1) is 75.6. The molecule has 0 aliphatic rings. The number of hydrogen-bond donors (Lipinski definition) is 0. The summed E-state index contributed by atoms with van der Waals surface area (Å²) in [6.07, 6.45) is 10.7. The summed E-state index contributed by atoms with van der Waals surface area (Å²) in [7, 11) is 0. The van der Waals surface area contributed by atoms with Gasteiger partial charge in [0.15, 0.2) is 34.9 Å². The van der Waals surface area contributed by atoms with E-state index in [0.29, 0.717) is 64.1 Å². The fraction of sp³-hybridized carbons (Fsp3) is 0. The van der Waals surface area contributed by atoms with Crippen LogP contribution in [0.25, 0.3) is 280 Å².